The number of aromatic nitrogens is 1. The minimum absolute atomic E-state index is 0.0589. The normalized spacial score (nSPS) is 11.5. The van der Waals surface area contributed by atoms with E-state index in [2.05, 4.69) is 43.5 Å². The monoisotopic (exact) mass is 451 g/mol. The van der Waals surface area contributed by atoms with Gasteiger partial charge < -0.3 is 0 Å². The van der Waals surface area contributed by atoms with Crippen molar-refractivity contribution in [2.45, 2.75) is 11.8 Å². The van der Waals surface area contributed by atoms with E-state index in [0.717, 1.165) is 14.7 Å². The van der Waals surface area contributed by atoms with E-state index in [-0.39, 0.29) is 10.6 Å². The minimum atomic E-state index is -3.28. The van der Waals surface area contributed by atoms with Crippen LogP contribution in [0.15, 0.2) is 46.0 Å². The third kappa shape index (κ3) is 3.35. The van der Waals surface area contributed by atoms with E-state index in [0.29, 0.717) is 4.60 Å². The minimum Gasteiger partial charge on any atom is -0.247 e. The van der Waals surface area contributed by atoms with Crippen LogP contribution in [0, 0.1) is 3.57 Å². The van der Waals surface area contributed by atoms with Crippen molar-refractivity contribution < 1.29 is 8.42 Å². The molecule has 2 rings (SSSR count). The maximum Gasteiger partial charge on any atom is 0.180 e. The Morgan fingerprint density at radius 3 is 2.42 bits per heavy atom. The van der Waals surface area contributed by atoms with Gasteiger partial charge in [0.05, 0.1) is 5.75 Å². The van der Waals surface area contributed by atoms with Crippen molar-refractivity contribution in [3.63, 3.8) is 0 Å². The number of hydrogen-bond acceptors (Lipinski definition) is 3. The molecule has 0 aliphatic heterocycles. The zero-order valence-corrected chi connectivity index (χ0v) is 14.7. The van der Waals surface area contributed by atoms with Gasteiger partial charge in [0, 0.05) is 15.3 Å². The summed E-state index contributed by atoms with van der Waals surface area (Å²) < 4.78 is 25.5. The Hall–Kier alpha value is -0.470. The van der Waals surface area contributed by atoms with E-state index < -0.39 is 9.84 Å². The van der Waals surface area contributed by atoms with Crippen molar-refractivity contribution in [1.29, 1.82) is 0 Å². The molecule has 0 spiro atoms. The van der Waals surface area contributed by atoms with Gasteiger partial charge in [-0.2, -0.15) is 0 Å². The Bertz CT molecular complexity index is 699. The summed E-state index contributed by atoms with van der Waals surface area (Å²) in [5.41, 5.74) is 1.75. The van der Waals surface area contributed by atoms with Crippen molar-refractivity contribution in [3.05, 3.63) is 44.7 Å². The van der Waals surface area contributed by atoms with Crippen molar-refractivity contribution in [1.82, 2.24) is 4.98 Å². The molecule has 0 aliphatic carbocycles. The fourth-order valence-electron chi connectivity index (χ4n) is 1.60. The van der Waals surface area contributed by atoms with Gasteiger partial charge in [-0.05, 0) is 62.3 Å². The fourth-order valence-corrected chi connectivity index (χ4v) is 3.84. The van der Waals surface area contributed by atoms with Gasteiger partial charge in [-0.1, -0.05) is 19.1 Å². The van der Waals surface area contributed by atoms with Gasteiger partial charge in [0.25, 0.3) is 0 Å². The van der Waals surface area contributed by atoms with Crippen LogP contribution in [-0.4, -0.2) is 19.2 Å². The molecule has 100 valence electrons. The molecule has 0 bridgehead atoms. The topological polar surface area (TPSA) is 47.0 Å². The number of rotatable bonds is 3. The Balaban J connectivity index is 2.56. The molecule has 0 fully saturated rings. The third-order valence-electron chi connectivity index (χ3n) is 2.70. The SMILES string of the molecule is CCS(=O)(=O)c1cc(-c2ccc(I)cc2)cnc1Br. The molecule has 0 saturated heterocycles. The first-order valence-corrected chi connectivity index (χ1v) is 9.10. The smallest absolute Gasteiger partial charge is 0.180 e. The first-order valence-electron chi connectivity index (χ1n) is 5.58. The molecule has 6 heteroatoms. The first-order chi connectivity index (χ1) is 8.94. The van der Waals surface area contributed by atoms with Crippen LogP contribution in [0.3, 0.4) is 0 Å². The van der Waals surface area contributed by atoms with Gasteiger partial charge in [0.15, 0.2) is 9.84 Å². The molecule has 1 aromatic carbocycles. The lowest BCUT2D eigenvalue weighted by Gasteiger charge is -2.07. The van der Waals surface area contributed by atoms with Crippen LogP contribution in [0.4, 0.5) is 0 Å². The Morgan fingerprint density at radius 2 is 1.84 bits per heavy atom. The molecule has 1 aromatic heterocycles. The zero-order chi connectivity index (χ0) is 14.0. The number of pyridine rings is 1. The van der Waals surface area contributed by atoms with E-state index >= 15 is 0 Å². The van der Waals surface area contributed by atoms with Gasteiger partial charge in [0.1, 0.15) is 9.50 Å². The lowest BCUT2D eigenvalue weighted by Crippen LogP contribution is -2.05. The van der Waals surface area contributed by atoms with E-state index in [4.69, 9.17) is 0 Å². The maximum absolute atomic E-state index is 12.0. The van der Waals surface area contributed by atoms with E-state index in [1.165, 1.54) is 0 Å². The quantitative estimate of drug-likeness (QED) is 0.525. The van der Waals surface area contributed by atoms with Crippen LogP contribution in [0.1, 0.15) is 6.92 Å². The molecule has 1 heterocycles. The molecular weight excluding hydrogens is 441 g/mol. The largest absolute Gasteiger partial charge is 0.247 e. The molecule has 19 heavy (non-hydrogen) atoms. The highest BCUT2D eigenvalue weighted by Crippen LogP contribution is 2.27. The second-order valence-corrected chi connectivity index (χ2v) is 8.17. The van der Waals surface area contributed by atoms with Crippen LogP contribution in [0.5, 0.6) is 0 Å². The Morgan fingerprint density at radius 1 is 1.21 bits per heavy atom. The number of nitrogens with zero attached hydrogens (tertiary/aromatic N) is 1. The zero-order valence-electron chi connectivity index (χ0n) is 10.1. The summed E-state index contributed by atoms with van der Waals surface area (Å²) in [4.78, 5) is 4.37. The standard InChI is InChI=1S/C13H11BrINO2S/c1-2-19(17,18)12-7-10(8-16-13(12)14)9-3-5-11(15)6-4-9/h3-8H,2H2,1H3. The maximum atomic E-state index is 12.0. The first kappa shape index (κ1) is 14.9. The van der Waals surface area contributed by atoms with E-state index in [1.54, 1.807) is 19.2 Å². The number of hydrogen-bond donors (Lipinski definition) is 0. The lowest BCUT2D eigenvalue weighted by molar-refractivity contribution is 0.596. The molecule has 0 atom stereocenters. The van der Waals surface area contributed by atoms with E-state index in [9.17, 15) is 8.42 Å². The van der Waals surface area contributed by atoms with Crippen molar-refractivity contribution >= 4 is 48.4 Å². The molecule has 0 aliphatic rings. The molecular formula is C13H11BrINO2S. The van der Waals surface area contributed by atoms with Crippen LogP contribution < -0.4 is 0 Å². The summed E-state index contributed by atoms with van der Waals surface area (Å²) in [6.07, 6.45) is 1.67. The molecule has 3 nitrogen and oxygen atoms in total. The Labute approximate surface area is 134 Å². The van der Waals surface area contributed by atoms with Gasteiger partial charge in [-0.3, -0.25) is 0 Å². The van der Waals surface area contributed by atoms with Crippen LogP contribution in [0.2, 0.25) is 0 Å². The van der Waals surface area contributed by atoms with Crippen LogP contribution in [-0.2, 0) is 9.84 Å². The molecule has 0 amide bonds. The highest BCUT2D eigenvalue weighted by Gasteiger charge is 2.17. The predicted octanol–water partition coefficient (Wildman–Crippen LogP) is 3.91. The van der Waals surface area contributed by atoms with Crippen LogP contribution >= 0.6 is 38.5 Å². The number of benzene rings is 1. The van der Waals surface area contributed by atoms with Crippen molar-refractivity contribution in [2.24, 2.45) is 0 Å². The predicted molar refractivity (Wildman–Crippen MR) is 87.8 cm³/mol. The third-order valence-corrected chi connectivity index (χ3v) is 6.05. The highest BCUT2D eigenvalue weighted by molar-refractivity contribution is 14.1. The number of sulfone groups is 1. The Kier molecular flexibility index (Phi) is 4.62. The van der Waals surface area contributed by atoms with Crippen molar-refractivity contribution in [2.75, 3.05) is 5.75 Å². The van der Waals surface area contributed by atoms with Gasteiger partial charge in [-0.25, -0.2) is 13.4 Å². The summed E-state index contributed by atoms with van der Waals surface area (Å²) in [5, 5.41) is 0. The molecule has 0 radical (unpaired) electrons. The summed E-state index contributed by atoms with van der Waals surface area (Å²) in [6.45, 7) is 1.62. The summed E-state index contributed by atoms with van der Waals surface area (Å²) in [5.74, 6) is 0.0589. The summed E-state index contributed by atoms with van der Waals surface area (Å²) >= 11 is 5.43. The average Bonchev–Trinajstić information content (AvgIpc) is 2.40. The highest BCUT2D eigenvalue weighted by atomic mass is 127. The van der Waals surface area contributed by atoms with Crippen LogP contribution in [0.25, 0.3) is 11.1 Å². The number of halogens is 2. The van der Waals surface area contributed by atoms with Gasteiger partial charge >= 0.3 is 0 Å². The van der Waals surface area contributed by atoms with Gasteiger partial charge in [0.2, 0.25) is 0 Å². The molecule has 0 saturated carbocycles. The second kappa shape index (κ2) is 5.88. The fraction of sp³-hybridized carbons (Fsp3) is 0.154. The molecule has 0 unspecified atom stereocenters. The average molecular weight is 452 g/mol. The molecule has 2 aromatic rings. The van der Waals surface area contributed by atoms with Crippen molar-refractivity contribution in [3.8, 4) is 11.1 Å². The second-order valence-electron chi connectivity index (χ2n) is 3.92. The molecule has 0 N–H and O–H groups in total. The summed E-state index contributed by atoms with van der Waals surface area (Å²) in [7, 11) is -3.28. The van der Waals surface area contributed by atoms with Gasteiger partial charge in [-0.15, -0.1) is 0 Å². The summed E-state index contributed by atoms with van der Waals surface area (Å²) in [6, 6.07) is 9.53. The van der Waals surface area contributed by atoms with E-state index in [1.807, 2.05) is 24.3 Å². The lowest BCUT2D eigenvalue weighted by atomic mass is 10.1.